The van der Waals surface area contributed by atoms with Crippen LogP contribution in [0.25, 0.3) is 0 Å². The Labute approximate surface area is 150 Å². The molecule has 0 aliphatic carbocycles. The number of amides is 2. The molecular weight excluding hydrogens is 326 g/mol. The van der Waals surface area contributed by atoms with Crippen molar-refractivity contribution < 1.29 is 9.59 Å². The highest BCUT2D eigenvalue weighted by Crippen LogP contribution is 2.12. The van der Waals surface area contributed by atoms with Crippen LogP contribution in [-0.2, 0) is 4.79 Å². The zero-order valence-electron chi connectivity index (χ0n) is 14.1. The van der Waals surface area contributed by atoms with Gasteiger partial charge in [-0.15, -0.1) is 25.6 Å². The first kappa shape index (κ1) is 21.9. The molecule has 5 nitrogen and oxygen atoms in total. The molecule has 2 N–H and O–H groups in total. The Balaban J connectivity index is 0.00000529. The molecule has 0 atom stereocenters. The standard InChI is InChI=1S/C18H25N3O2.ClH/c1-4-13-21(14-5-2)18(23)15-8-10-16(11-9-15)20-17(22)7-6-12-19-3;/h4-5,8-11,19H,1-2,6-7,12-14H2,3H3,(H,20,22);1H. The summed E-state index contributed by atoms with van der Waals surface area (Å²) in [6.07, 6.45) is 4.62. The third-order valence-electron chi connectivity index (χ3n) is 3.23. The van der Waals surface area contributed by atoms with Crippen molar-refractivity contribution >= 4 is 29.9 Å². The molecule has 1 aromatic rings. The van der Waals surface area contributed by atoms with Gasteiger partial charge in [-0.2, -0.15) is 0 Å². The number of anilines is 1. The summed E-state index contributed by atoms with van der Waals surface area (Å²) in [5, 5.41) is 5.82. The summed E-state index contributed by atoms with van der Waals surface area (Å²) in [4.78, 5) is 25.8. The van der Waals surface area contributed by atoms with Crippen molar-refractivity contribution in [1.29, 1.82) is 0 Å². The van der Waals surface area contributed by atoms with E-state index in [0.717, 1.165) is 13.0 Å². The SMILES string of the molecule is C=CCN(CC=C)C(=O)c1ccc(NC(=O)CCCNC)cc1.Cl. The summed E-state index contributed by atoms with van der Waals surface area (Å²) in [6.45, 7) is 9.06. The van der Waals surface area contributed by atoms with E-state index in [0.29, 0.717) is 30.8 Å². The number of nitrogens with zero attached hydrogens (tertiary/aromatic N) is 1. The molecule has 132 valence electrons. The van der Waals surface area contributed by atoms with Gasteiger partial charge in [-0.1, -0.05) is 12.2 Å². The normalized spacial score (nSPS) is 9.54. The Morgan fingerprint density at radius 3 is 2.21 bits per heavy atom. The molecule has 0 radical (unpaired) electrons. The van der Waals surface area contributed by atoms with E-state index in [1.807, 2.05) is 7.05 Å². The number of nitrogens with one attached hydrogen (secondary N) is 2. The summed E-state index contributed by atoms with van der Waals surface area (Å²) in [7, 11) is 1.86. The number of carbonyl (C=O) groups excluding carboxylic acids is 2. The Bertz CT molecular complexity index is 534. The number of halogens is 1. The van der Waals surface area contributed by atoms with Gasteiger partial charge < -0.3 is 15.5 Å². The molecule has 0 spiro atoms. The van der Waals surface area contributed by atoms with Crippen LogP contribution in [0.3, 0.4) is 0 Å². The monoisotopic (exact) mass is 351 g/mol. The van der Waals surface area contributed by atoms with Crippen molar-refractivity contribution in [2.24, 2.45) is 0 Å². The molecule has 24 heavy (non-hydrogen) atoms. The lowest BCUT2D eigenvalue weighted by atomic mass is 10.1. The first-order valence-corrected chi connectivity index (χ1v) is 7.68. The molecule has 0 fully saturated rings. The van der Waals surface area contributed by atoms with Crippen LogP contribution in [0.5, 0.6) is 0 Å². The lowest BCUT2D eigenvalue weighted by molar-refractivity contribution is -0.116. The van der Waals surface area contributed by atoms with Crippen LogP contribution in [0.2, 0.25) is 0 Å². The highest BCUT2D eigenvalue weighted by atomic mass is 35.5. The predicted octanol–water partition coefficient (Wildman–Crippen LogP) is 2.86. The maximum atomic E-state index is 12.4. The predicted molar refractivity (Wildman–Crippen MR) is 102 cm³/mol. The number of benzene rings is 1. The van der Waals surface area contributed by atoms with Gasteiger partial charge >= 0.3 is 0 Å². The van der Waals surface area contributed by atoms with Gasteiger partial charge in [0.05, 0.1) is 0 Å². The third kappa shape index (κ3) is 7.44. The summed E-state index contributed by atoms with van der Waals surface area (Å²) < 4.78 is 0. The molecule has 1 rings (SSSR count). The summed E-state index contributed by atoms with van der Waals surface area (Å²) in [6, 6.07) is 6.90. The quantitative estimate of drug-likeness (QED) is 0.503. The lowest BCUT2D eigenvalue weighted by Crippen LogP contribution is -2.31. The van der Waals surface area contributed by atoms with E-state index in [-0.39, 0.29) is 24.2 Å². The molecule has 0 bridgehead atoms. The van der Waals surface area contributed by atoms with E-state index in [1.165, 1.54) is 0 Å². The van der Waals surface area contributed by atoms with Crippen molar-refractivity contribution in [2.75, 3.05) is 32.0 Å². The van der Waals surface area contributed by atoms with Crippen LogP contribution in [0.15, 0.2) is 49.6 Å². The highest BCUT2D eigenvalue weighted by molar-refractivity contribution is 5.96. The topological polar surface area (TPSA) is 61.4 Å². The maximum Gasteiger partial charge on any atom is 0.254 e. The van der Waals surface area contributed by atoms with Crippen LogP contribution in [0, 0.1) is 0 Å². The minimum atomic E-state index is -0.0864. The van der Waals surface area contributed by atoms with Gasteiger partial charge in [0.2, 0.25) is 5.91 Å². The van der Waals surface area contributed by atoms with Gasteiger partial charge in [0, 0.05) is 30.8 Å². The van der Waals surface area contributed by atoms with Crippen molar-refractivity contribution in [3.8, 4) is 0 Å². The molecule has 0 saturated carbocycles. The van der Waals surface area contributed by atoms with Gasteiger partial charge in [0.25, 0.3) is 5.91 Å². The zero-order chi connectivity index (χ0) is 17.1. The average molecular weight is 352 g/mol. The number of hydrogen-bond donors (Lipinski definition) is 2. The Morgan fingerprint density at radius 2 is 1.71 bits per heavy atom. The maximum absolute atomic E-state index is 12.4. The third-order valence-corrected chi connectivity index (χ3v) is 3.23. The van der Waals surface area contributed by atoms with E-state index >= 15 is 0 Å². The minimum absolute atomic E-state index is 0. The fraction of sp³-hybridized carbons (Fsp3) is 0.333. The van der Waals surface area contributed by atoms with Gasteiger partial charge in [-0.25, -0.2) is 0 Å². The van der Waals surface area contributed by atoms with Crippen LogP contribution in [-0.4, -0.2) is 43.4 Å². The first-order chi connectivity index (χ1) is 11.1. The molecule has 0 aliphatic heterocycles. The van der Waals surface area contributed by atoms with E-state index in [9.17, 15) is 9.59 Å². The second kappa shape index (κ2) is 12.3. The summed E-state index contributed by atoms with van der Waals surface area (Å²) in [5.41, 5.74) is 1.26. The molecule has 0 heterocycles. The Morgan fingerprint density at radius 1 is 1.12 bits per heavy atom. The number of carbonyl (C=O) groups is 2. The van der Waals surface area contributed by atoms with Crippen LogP contribution >= 0.6 is 12.4 Å². The average Bonchev–Trinajstić information content (AvgIpc) is 2.55. The lowest BCUT2D eigenvalue weighted by Gasteiger charge is -2.19. The molecule has 0 aliphatic rings. The van der Waals surface area contributed by atoms with Gasteiger partial charge in [0.15, 0.2) is 0 Å². The summed E-state index contributed by atoms with van der Waals surface area (Å²) in [5.74, 6) is -0.115. The van der Waals surface area contributed by atoms with Crippen LogP contribution in [0.4, 0.5) is 5.69 Å². The van der Waals surface area contributed by atoms with E-state index in [4.69, 9.17) is 0 Å². The second-order valence-electron chi connectivity index (χ2n) is 5.12. The molecule has 0 aromatic heterocycles. The molecule has 2 amide bonds. The van der Waals surface area contributed by atoms with E-state index in [2.05, 4.69) is 23.8 Å². The van der Waals surface area contributed by atoms with Crippen LogP contribution in [0.1, 0.15) is 23.2 Å². The minimum Gasteiger partial charge on any atom is -0.331 e. The smallest absolute Gasteiger partial charge is 0.254 e. The fourth-order valence-corrected chi connectivity index (χ4v) is 2.08. The van der Waals surface area contributed by atoms with Crippen molar-refractivity contribution in [1.82, 2.24) is 10.2 Å². The van der Waals surface area contributed by atoms with Crippen LogP contribution < -0.4 is 10.6 Å². The van der Waals surface area contributed by atoms with Crippen molar-refractivity contribution in [3.05, 3.63) is 55.1 Å². The molecule has 6 heteroatoms. The fourth-order valence-electron chi connectivity index (χ4n) is 2.08. The zero-order valence-corrected chi connectivity index (χ0v) is 14.9. The molecule has 0 unspecified atom stereocenters. The highest BCUT2D eigenvalue weighted by Gasteiger charge is 2.13. The van der Waals surface area contributed by atoms with Gasteiger partial charge in [0.1, 0.15) is 0 Å². The van der Waals surface area contributed by atoms with Crippen molar-refractivity contribution in [3.63, 3.8) is 0 Å². The van der Waals surface area contributed by atoms with Gasteiger partial charge in [-0.3, -0.25) is 9.59 Å². The summed E-state index contributed by atoms with van der Waals surface area (Å²) >= 11 is 0. The van der Waals surface area contributed by atoms with E-state index in [1.54, 1.807) is 41.3 Å². The van der Waals surface area contributed by atoms with E-state index < -0.39 is 0 Å². The van der Waals surface area contributed by atoms with Gasteiger partial charge in [-0.05, 0) is 44.3 Å². The molecular formula is C18H26ClN3O2. The van der Waals surface area contributed by atoms with Crippen molar-refractivity contribution in [2.45, 2.75) is 12.8 Å². The second-order valence-corrected chi connectivity index (χ2v) is 5.12. The molecule has 0 saturated heterocycles. The molecule has 1 aromatic carbocycles. The Kier molecular flexibility index (Phi) is 11.2. The Hall–Kier alpha value is -2.11. The first-order valence-electron chi connectivity index (χ1n) is 7.68. The largest absolute Gasteiger partial charge is 0.331 e. The number of hydrogen-bond acceptors (Lipinski definition) is 3. The number of rotatable bonds is 10.